The molecule has 7 nitrogen and oxygen atoms in total. The number of carboxylic acids is 1. The Morgan fingerprint density at radius 2 is 1.91 bits per heavy atom. The lowest BCUT2D eigenvalue weighted by Gasteiger charge is -2.14. The molecule has 0 aliphatic carbocycles. The molecule has 3 N–H and O–H groups in total. The fourth-order valence-corrected chi connectivity index (χ4v) is 2.08. The first kappa shape index (κ1) is 16.4. The number of hydrogen-bond donors (Lipinski definition) is 3. The van der Waals surface area contributed by atoms with E-state index in [2.05, 4.69) is 20.6 Å². The normalized spacial score (nSPS) is 11.6. The van der Waals surface area contributed by atoms with Crippen LogP contribution in [0.25, 0.3) is 0 Å². The Hall–Kier alpha value is -2.96. The molecule has 0 radical (unpaired) electrons. The lowest BCUT2D eigenvalue weighted by molar-refractivity contribution is -0.139. The number of amides is 1. The maximum absolute atomic E-state index is 12.3. The number of carbonyl (C=O) groups excluding carboxylic acids is 1. The molecule has 120 valence electrons. The van der Waals surface area contributed by atoms with Crippen LogP contribution in [0.1, 0.15) is 21.7 Å². The number of nitrogens with one attached hydrogen (secondary N) is 2. The van der Waals surface area contributed by atoms with E-state index < -0.39 is 17.9 Å². The molecule has 0 unspecified atom stereocenters. The number of aliphatic carboxylic acids is 1. The minimum atomic E-state index is -1.10. The van der Waals surface area contributed by atoms with Crippen molar-refractivity contribution in [2.45, 2.75) is 19.4 Å². The van der Waals surface area contributed by atoms with Crippen LogP contribution in [-0.4, -0.2) is 40.0 Å². The van der Waals surface area contributed by atoms with Crippen molar-refractivity contribution < 1.29 is 14.7 Å². The molecule has 1 aromatic heterocycles. The molecule has 0 saturated carbocycles. The number of nitrogens with zero attached hydrogens (tertiary/aromatic N) is 2. The van der Waals surface area contributed by atoms with E-state index in [1.165, 1.54) is 6.07 Å². The molecule has 7 heteroatoms. The molecule has 0 fully saturated rings. The number of carbonyl (C=O) groups is 2. The number of carboxylic acid groups (broad SMARTS) is 1. The second-order valence-corrected chi connectivity index (χ2v) is 5.02. The van der Waals surface area contributed by atoms with Crippen LogP contribution in [0.4, 0.5) is 5.95 Å². The molecule has 0 bridgehead atoms. The van der Waals surface area contributed by atoms with E-state index in [1.54, 1.807) is 14.0 Å². The predicted octanol–water partition coefficient (Wildman–Crippen LogP) is 1.25. The van der Waals surface area contributed by atoms with Gasteiger partial charge in [-0.1, -0.05) is 30.3 Å². The van der Waals surface area contributed by atoms with Gasteiger partial charge in [0.05, 0.1) is 0 Å². The molecule has 0 aliphatic rings. The van der Waals surface area contributed by atoms with E-state index in [4.69, 9.17) is 0 Å². The molecule has 0 aliphatic heterocycles. The van der Waals surface area contributed by atoms with Gasteiger partial charge in [-0.3, -0.25) is 4.79 Å². The van der Waals surface area contributed by atoms with Gasteiger partial charge in [-0.05, 0) is 18.6 Å². The van der Waals surface area contributed by atoms with Crippen LogP contribution in [-0.2, 0) is 11.2 Å². The first-order valence-electron chi connectivity index (χ1n) is 7.10. The van der Waals surface area contributed by atoms with Crippen molar-refractivity contribution in [2.24, 2.45) is 0 Å². The third-order valence-electron chi connectivity index (χ3n) is 3.20. The van der Waals surface area contributed by atoms with E-state index in [-0.39, 0.29) is 12.1 Å². The monoisotopic (exact) mass is 314 g/mol. The molecule has 2 rings (SSSR count). The second-order valence-electron chi connectivity index (χ2n) is 5.02. The maximum Gasteiger partial charge on any atom is 0.326 e. The lowest BCUT2D eigenvalue weighted by Crippen LogP contribution is -2.42. The molecular weight excluding hydrogens is 296 g/mol. The number of aryl methyl sites for hydroxylation is 1. The first-order chi connectivity index (χ1) is 11.0. The summed E-state index contributed by atoms with van der Waals surface area (Å²) in [5.74, 6) is -1.33. The summed E-state index contributed by atoms with van der Waals surface area (Å²) in [6.07, 6.45) is 0.199. The zero-order valence-electron chi connectivity index (χ0n) is 12.9. The summed E-state index contributed by atoms with van der Waals surface area (Å²) in [5, 5.41) is 14.6. The summed E-state index contributed by atoms with van der Waals surface area (Å²) >= 11 is 0. The number of benzene rings is 1. The Balaban J connectivity index is 2.15. The topological polar surface area (TPSA) is 104 Å². The molecule has 0 saturated heterocycles. The maximum atomic E-state index is 12.3. The van der Waals surface area contributed by atoms with Crippen molar-refractivity contribution in [1.29, 1.82) is 0 Å². The SMILES string of the molecule is CNc1nc(C)cc(C(=O)N[C@@H](Cc2ccccc2)C(=O)O)n1. The van der Waals surface area contributed by atoms with Gasteiger partial charge in [0.2, 0.25) is 5.95 Å². The van der Waals surface area contributed by atoms with Crippen LogP contribution in [0.2, 0.25) is 0 Å². The highest BCUT2D eigenvalue weighted by atomic mass is 16.4. The molecule has 23 heavy (non-hydrogen) atoms. The highest BCUT2D eigenvalue weighted by molar-refractivity contribution is 5.95. The van der Waals surface area contributed by atoms with Crippen molar-refractivity contribution in [3.05, 3.63) is 53.3 Å². The summed E-state index contributed by atoms with van der Waals surface area (Å²) in [6, 6.07) is 9.61. The predicted molar refractivity (Wildman–Crippen MR) is 85.4 cm³/mol. The summed E-state index contributed by atoms with van der Waals surface area (Å²) in [7, 11) is 1.64. The Labute approximate surface area is 133 Å². The van der Waals surface area contributed by atoms with Crippen molar-refractivity contribution in [1.82, 2.24) is 15.3 Å². The average Bonchev–Trinajstić information content (AvgIpc) is 2.54. The van der Waals surface area contributed by atoms with E-state index in [0.29, 0.717) is 11.6 Å². The van der Waals surface area contributed by atoms with Crippen molar-refractivity contribution >= 4 is 17.8 Å². The summed E-state index contributed by atoms with van der Waals surface area (Å²) < 4.78 is 0. The van der Waals surface area contributed by atoms with Gasteiger partial charge in [0.15, 0.2) is 0 Å². The fraction of sp³-hybridized carbons (Fsp3) is 0.250. The standard InChI is InChI=1S/C16H18N4O3/c1-10-8-12(20-16(17-2)18-10)14(21)19-13(15(22)23)9-11-6-4-3-5-7-11/h3-8,13H,9H2,1-2H3,(H,19,21)(H,22,23)(H,17,18,20)/t13-/m0/s1. The zero-order chi connectivity index (χ0) is 16.8. The van der Waals surface area contributed by atoms with Crippen LogP contribution in [0.5, 0.6) is 0 Å². The van der Waals surface area contributed by atoms with E-state index >= 15 is 0 Å². The van der Waals surface area contributed by atoms with Crippen LogP contribution < -0.4 is 10.6 Å². The lowest BCUT2D eigenvalue weighted by atomic mass is 10.1. The smallest absolute Gasteiger partial charge is 0.326 e. The second kappa shape index (κ2) is 7.35. The third-order valence-corrected chi connectivity index (χ3v) is 3.20. The highest BCUT2D eigenvalue weighted by Gasteiger charge is 2.22. The molecule has 1 heterocycles. The van der Waals surface area contributed by atoms with Gasteiger partial charge in [-0.2, -0.15) is 0 Å². The summed E-state index contributed by atoms with van der Waals surface area (Å²) in [4.78, 5) is 31.8. The number of anilines is 1. The van der Waals surface area contributed by atoms with Gasteiger partial charge in [-0.15, -0.1) is 0 Å². The third kappa shape index (κ3) is 4.50. The van der Waals surface area contributed by atoms with Crippen LogP contribution in [0, 0.1) is 6.92 Å². The number of hydrogen-bond acceptors (Lipinski definition) is 5. The molecule has 2 aromatic rings. The van der Waals surface area contributed by atoms with Gasteiger partial charge >= 0.3 is 5.97 Å². The van der Waals surface area contributed by atoms with E-state index in [0.717, 1.165) is 5.56 Å². The van der Waals surface area contributed by atoms with Crippen molar-refractivity contribution in [2.75, 3.05) is 12.4 Å². The molecular formula is C16H18N4O3. The highest BCUT2D eigenvalue weighted by Crippen LogP contribution is 2.07. The number of aromatic nitrogens is 2. The first-order valence-corrected chi connectivity index (χ1v) is 7.10. The number of rotatable bonds is 6. The molecule has 0 spiro atoms. The van der Waals surface area contributed by atoms with Crippen molar-refractivity contribution in [3.63, 3.8) is 0 Å². The Morgan fingerprint density at radius 3 is 2.52 bits per heavy atom. The minimum absolute atomic E-state index is 0.126. The Bertz CT molecular complexity index is 704. The quantitative estimate of drug-likeness (QED) is 0.741. The fourth-order valence-electron chi connectivity index (χ4n) is 2.08. The van der Waals surface area contributed by atoms with Crippen molar-refractivity contribution in [3.8, 4) is 0 Å². The van der Waals surface area contributed by atoms with Crippen LogP contribution in [0.15, 0.2) is 36.4 Å². The molecule has 1 aromatic carbocycles. The van der Waals surface area contributed by atoms with E-state index in [1.807, 2.05) is 30.3 Å². The van der Waals surface area contributed by atoms with Crippen LogP contribution >= 0.6 is 0 Å². The van der Waals surface area contributed by atoms with Gasteiger partial charge in [0.25, 0.3) is 5.91 Å². The van der Waals surface area contributed by atoms with Gasteiger partial charge in [0.1, 0.15) is 11.7 Å². The average molecular weight is 314 g/mol. The van der Waals surface area contributed by atoms with Crippen LogP contribution in [0.3, 0.4) is 0 Å². The summed E-state index contributed by atoms with van der Waals surface area (Å²) in [5.41, 5.74) is 1.57. The Morgan fingerprint density at radius 1 is 1.22 bits per heavy atom. The van der Waals surface area contributed by atoms with Gasteiger partial charge < -0.3 is 15.7 Å². The molecule has 1 atom stereocenters. The Kier molecular flexibility index (Phi) is 5.24. The molecule has 1 amide bonds. The van der Waals surface area contributed by atoms with E-state index in [9.17, 15) is 14.7 Å². The largest absolute Gasteiger partial charge is 0.480 e. The van der Waals surface area contributed by atoms with Gasteiger partial charge in [-0.25, -0.2) is 14.8 Å². The zero-order valence-corrected chi connectivity index (χ0v) is 12.9. The van der Waals surface area contributed by atoms with Gasteiger partial charge in [0, 0.05) is 19.2 Å². The summed E-state index contributed by atoms with van der Waals surface area (Å²) in [6.45, 7) is 1.73. The minimum Gasteiger partial charge on any atom is -0.480 e.